The Labute approximate surface area is 78.7 Å². The largest absolute Gasteiger partial charge is 0.496 e. The summed E-state index contributed by atoms with van der Waals surface area (Å²) >= 11 is 0. The third-order valence-electron chi connectivity index (χ3n) is 2.13. The van der Waals surface area contributed by atoms with Gasteiger partial charge in [0.1, 0.15) is 5.75 Å². The van der Waals surface area contributed by atoms with E-state index in [4.69, 9.17) is 16.2 Å². The normalized spacial score (nSPS) is 12.6. The smallest absolute Gasteiger partial charge is 0.123 e. The molecule has 0 aliphatic rings. The summed E-state index contributed by atoms with van der Waals surface area (Å²) in [5.74, 6) is 0.818. The Morgan fingerprint density at radius 1 is 1.46 bits per heavy atom. The molecule has 0 radical (unpaired) electrons. The molecule has 4 N–H and O–H groups in total. The Kier molecular flexibility index (Phi) is 3.28. The van der Waals surface area contributed by atoms with Crippen LogP contribution in [0.5, 0.6) is 5.75 Å². The van der Waals surface area contributed by atoms with E-state index in [1.54, 1.807) is 7.11 Å². The van der Waals surface area contributed by atoms with Gasteiger partial charge in [0.15, 0.2) is 0 Å². The second kappa shape index (κ2) is 4.25. The number of nitrogens with two attached hydrogens (primary N) is 2. The van der Waals surface area contributed by atoms with E-state index in [1.165, 1.54) is 0 Å². The van der Waals surface area contributed by atoms with Crippen molar-refractivity contribution >= 4 is 0 Å². The van der Waals surface area contributed by atoms with Crippen LogP contribution in [0, 0.1) is 6.92 Å². The second-order valence-electron chi connectivity index (χ2n) is 3.03. The summed E-state index contributed by atoms with van der Waals surface area (Å²) in [4.78, 5) is 0. The summed E-state index contributed by atoms with van der Waals surface area (Å²) in [5.41, 5.74) is 13.5. The van der Waals surface area contributed by atoms with Gasteiger partial charge in [-0.3, -0.25) is 0 Å². The molecule has 3 heteroatoms. The predicted molar refractivity (Wildman–Crippen MR) is 53.7 cm³/mol. The molecule has 0 aliphatic heterocycles. The number of hydrogen-bond donors (Lipinski definition) is 2. The summed E-state index contributed by atoms with van der Waals surface area (Å²) in [5, 5.41) is 0. The van der Waals surface area contributed by atoms with Crippen LogP contribution in [0.2, 0.25) is 0 Å². The van der Waals surface area contributed by atoms with Gasteiger partial charge < -0.3 is 16.2 Å². The quantitative estimate of drug-likeness (QED) is 0.728. The first kappa shape index (κ1) is 10.0. The van der Waals surface area contributed by atoms with Gasteiger partial charge in [-0.1, -0.05) is 12.1 Å². The minimum Gasteiger partial charge on any atom is -0.496 e. The molecule has 0 bridgehead atoms. The van der Waals surface area contributed by atoms with Crippen LogP contribution in [0.3, 0.4) is 0 Å². The maximum Gasteiger partial charge on any atom is 0.123 e. The van der Waals surface area contributed by atoms with Crippen LogP contribution in [-0.4, -0.2) is 13.7 Å². The van der Waals surface area contributed by atoms with E-state index in [1.807, 2.05) is 25.1 Å². The van der Waals surface area contributed by atoms with Crippen molar-refractivity contribution in [2.75, 3.05) is 13.7 Å². The van der Waals surface area contributed by atoms with Gasteiger partial charge in [0.05, 0.1) is 7.11 Å². The Hall–Kier alpha value is -1.06. The molecule has 1 aromatic rings. The summed E-state index contributed by atoms with van der Waals surface area (Å²) in [6.45, 7) is 2.44. The van der Waals surface area contributed by atoms with Crippen molar-refractivity contribution in [3.63, 3.8) is 0 Å². The van der Waals surface area contributed by atoms with Crippen LogP contribution in [0.1, 0.15) is 17.2 Å². The summed E-state index contributed by atoms with van der Waals surface area (Å²) in [6, 6.07) is 5.71. The number of benzene rings is 1. The molecule has 0 saturated carbocycles. The van der Waals surface area contributed by atoms with Gasteiger partial charge in [0.2, 0.25) is 0 Å². The number of ether oxygens (including phenoxy) is 1. The number of aryl methyl sites for hydroxylation is 1. The zero-order chi connectivity index (χ0) is 9.84. The average Bonchev–Trinajstić information content (AvgIpc) is 2.16. The van der Waals surface area contributed by atoms with Crippen molar-refractivity contribution in [1.29, 1.82) is 0 Å². The van der Waals surface area contributed by atoms with E-state index < -0.39 is 0 Å². The highest BCUT2D eigenvalue weighted by Crippen LogP contribution is 2.26. The third kappa shape index (κ3) is 1.99. The molecule has 72 valence electrons. The standard InChI is InChI=1S/C10H16N2O/c1-7-4-3-5-9(13-2)10(7)8(12)6-11/h3-5,8H,6,11-12H2,1-2H3/t8-/m0/s1. The van der Waals surface area contributed by atoms with Crippen molar-refractivity contribution in [2.45, 2.75) is 13.0 Å². The Bertz CT molecular complexity index is 286. The fourth-order valence-corrected chi connectivity index (χ4v) is 1.42. The molecular formula is C10H16N2O. The number of hydrogen-bond acceptors (Lipinski definition) is 3. The first-order chi connectivity index (χ1) is 6.20. The number of rotatable bonds is 3. The van der Waals surface area contributed by atoms with Crippen LogP contribution in [0.15, 0.2) is 18.2 Å². The van der Waals surface area contributed by atoms with Gasteiger partial charge >= 0.3 is 0 Å². The summed E-state index contributed by atoms with van der Waals surface area (Å²) in [7, 11) is 1.64. The molecule has 3 nitrogen and oxygen atoms in total. The fraction of sp³-hybridized carbons (Fsp3) is 0.400. The summed E-state index contributed by atoms with van der Waals surface area (Å²) in [6.07, 6.45) is 0. The van der Waals surface area contributed by atoms with E-state index in [9.17, 15) is 0 Å². The molecule has 0 heterocycles. The van der Waals surface area contributed by atoms with Gasteiger partial charge in [-0.25, -0.2) is 0 Å². The Morgan fingerprint density at radius 3 is 2.69 bits per heavy atom. The lowest BCUT2D eigenvalue weighted by molar-refractivity contribution is 0.405. The fourth-order valence-electron chi connectivity index (χ4n) is 1.42. The molecule has 0 spiro atoms. The lowest BCUT2D eigenvalue weighted by Gasteiger charge is -2.16. The highest BCUT2D eigenvalue weighted by molar-refractivity contribution is 5.41. The predicted octanol–water partition coefficient (Wildman–Crippen LogP) is 0.962. The van der Waals surface area contributed by atoms with E-state index in [0.29, 0.717) is 6.54 Å². The van der Waals surface area contributed by atoms with Gasteiger partial charge in [-0.05, 0) is 18.6 Å². The highest BCUT2D eigenvalue weighted by Gasteiger charge is 2.12. The topological polar surface area (TPSA) is 61.3 Å². The molecule has 1 rings (SSSR count). The lowest BCUT2D eigenvalue weighted by atomic mass is 10.0. The molecule has 0 saturated heterocycles. The van der Waals surface area contributed by atoms with Crippen molar-refractivity contribution < 1.29 is 4.74 Å². The van der Waals surface area contributed by atoms with Crippen molar-refractivity contribution in [3.8, 4) is 5.75 Å². The van der Waals surface area contributed by atoms with E-state index in [2.05, 4.69) is 0 Å². The lowest BCUT2D eigenvalue weighted by Crippen LogP contribution is -2.22. The van der Waals surface area contributed by atoms with Crippen LogP contribution in [0.25, 0.3) is 0 Å². The zero-order valence-electron chi connectivity index (χ0n) is 8.08. The number of methoxy groups -OCH3 is 1. The van der Waals surface area contributed by atoms with Crippen LogP contribution in [0.4, 0.5) is 0 Å². The second-order valence-corrected chi connectivity index (χ2v) is 3.03. The minimum absolute atomic E-state index is 0.142. The first-order valence-electron chi connectivity index (χ1n) is 4.29. The van der Waals surface area contributed by atoms with E-state index >= 15 is 0 Å². The third-order valence-corrected chi connectivity index (χ3v) is 2.13. The van der Waals surface area contributed by atoms with E-state index in [0.717, 1.165) is 16.9 Å². The molecule has 1 aromatic carbocycles. The summed E-state index contributed by atoms with van der Waals surface area (Å²) < 4.78 is 5.21. The molecule has 13 heavy (non-hydrogen) atoms. The van der Waals surface area contributed by atoms with Crippen LogP contribution in [-0.2, 0) is 0 Å². The van der Waals surface area contributed by atoms with Crippen LogP contribution >= 0.6 is 0 Å². The van der Waals surface area contributed by atoms with Gasteiger partial charge in [-0.15, -0.1) is 0 Å². The van der Waals surface area contributed by atoms with Gasteiger partial charge in [0.25, 0.3) is 0 Å². The average molecular weight is 180 g/mol. The molecule has 0 aliphatic carbocycles. The Morgan fingerprint density at radius 2 is 2.15 bits per heavy atom. The SMILES string of the molecule is COc1cccc(C)c1[C@@H](N)CN. The van der Waals surface area contributed by atoms with Crippen molar-refractivity contribution in [1.82, 2.24) is 0 Å². The maximum atomic E-state index is 5.87. The Balaban J connectivity index is 3.14. The molecule has 1 atom stereocenters. The van der Waals surface area contributed by atoms with Crippen molar-refractivity contribution in [2.24, 2.45) is 11.5 Å². The maximum absolute atomic E-state index is 5.87. The minimum atomic E-state index is -0.142. The zero-order valence-corrected chi connectivity index (χ0v) is 8.08. The first-order valence-corrected chi connectivity index (χ1v) is 4.29. The molecule has 0 amide bonds. The molecule has 0 fully saturated rings. The highest BCUT2D eigenvalue weighted by atomic mass is 16.5. The molecular weight excluding hydrogens is 164 g/mol. The van der Waals surface area contributed by atoms with Gasteiger partial charge in [-0.2, -0.15) is 0 Å². The molecule has 0 unspecified atom stereocenters. The van der Waals surface area contributed by atoms with E-state index in [-0.39, 0.29) is 6.04 Å². The van der Waals surface area contributed by atoms with Crippen molar-refractivity contribution in [3.05, 3.63) is 29.3 Å². The monoisotopic (exact) mass is 180 g/mol. The van der Waals surface area contributed by atoms with Gasteiger partial charge in [0, 0.05) is 18.2 Å². The molecule has 0 aromatic heterocycles. The van der Waals surface area contributed by atoms with Crippen LogP contribution < -0.4 is 16.2 Å².